The first-order valence-electron chi connectivity index (χ1n) is 8.69. The van der Waals surface area contributed by atoms with E-state index in [4.69, 9.17) is 17.0 Å². The second kappa shape index (κ2) is 8.28. The highest BCUT2D eigenvalue weighted by Gasteiger charge is 2.25. The Morgan fingerprint density at radius 1 is 1.38 bits per heavy atom. The van der Waals surface area contributed by atoms with Crippen molar-refractivity contribution in [3.8, 4) is 0 Å². The van der Waals surface area contributed by atoms with Gasteiger partial charge in [-0.05, 0) is 56.1 Å². The summed E-state index contributed by atoms with van der Waals surface area (Å²) in [6, 6.07) is 6.18. The highest BCUT2D eigenvalue weighted by molar-refractivity contribution is 7.73. The summed E-state index contributed by atoms with van der Waals surface area (Å²) < 4.78 is 7.44. The van der Waals surface area contributed by atoms with Gasteiger partial charge in [0.1, 0.15) is 0 Å². The van der Waals surface area contributed by atoms with Crippen molar-refractivity contribution in [1.29, 1.82) is 0 Å². The average molecular weight is 393 g/mol. The Morgan fingerprint density at radius 3 is 2.81 bits per heavy atom. The molecule has 0 bridgehead atoms. The van der Waals surface area contributed by atoms with Crippen molar-refractivity contribution in [3.05, 3.63) is 33.3 Å². The molecule has 26 heavy (non-hydrogen) atoms. The van der Waals surface area contributed by atoms with Crippen molar-refractivity contribution in [2.24, 2.45) is 5.92 Å². The van der Waals surface area contributed by atoms with E-state index in [1.54, 1.807) is 0 Å². The molecular weight excluding hydrogens is 368 g/mol. The van der Waals surface area contributed by atoms with Gasteiger partial charge in [0.25, 0.3) is 0 Å². The van der Waals surface area contributed by atoms with Crippen LogP contribution in [0.25, 0.3) is 0 Å². The minimum Gasteiger partial charge on any atom is -0.469 e. The van der Waals surface area contributed by atoms with Gasteiger partial charge in [0.2, 0.25) is 5.13 Å². The molecule has 2 heterocycles. The Labute approximate surface area is 162 Å². The molecule has 1 aromatic heterocycles. The lowest BCUT2D eigenvalue weighted by Crippen LogP contribution is -2.38. The Bertz CT molecular complexity index is 838. The Morgan fingerprint density at radius 2 is 2.12 bits per heavy atom. The molecule has 2 aromatic rings. The van der Waals surface area contributed by atoms with E-state index in [2.05, 4.69) is 41.3 Å². The third kappa shape index (κ3) is 4.31. The number of esters is 1. The molecule has 0 unspecified atom stereocenters. The second-order valence-corrected chi connectivity index (χ2v) is 8.22. The molecule has 140 valence electrons. The van der Waals surface area contributed by atoms with Gasteiger partial charge in [0.15, 0.2) is 3.95 Å². The predicted octanol–water partition coefficient (Wildman–Crippen LogP) is 3.88. The largest absolute Gasteiger partial charge is 0.469 e. The van der Waals surface area contributed by atoms with Crippen LogP contribution in [0.4, 0.5) is 10.8 Å². The summed E-state index contributed by atoms with van der Waals surface area (Å²) in [4.78, 5) is 13.9. The minimum atomic E-state index is -0.102. The smallest absolute Gasteiger partial charge is 0.308 e. The molecule has 0 saturated carbocycles. The number of likely N-dealkylation sites (tertiary alicyclic amines) is 1. The molecule has 8 heteroatoms. The first-order valence-corrected chi connectivity index (χ1v) is 9.91. The summed E-state index contributed by atoms with van der Waals surface area (Å²) in [5.74, 6) is -0.0869. The van der Waals surface area contributed by atoms with Crippen LogP contribution in [0.2, 0.25) is 0 Å². The molecule has 1 aliphatic rings. The van der Waals surface area contributed by atoms with Crippen LogP contribution in [0, 0.1) is 23.7 Å². The van der Waals surface area contributed by atoms with Crippen LogP contribution < -0.4 is 5.32 Å². The number of carbonyl (C=O) groups is 1. The number of aryl methyl sites for hydroxylation is 1. The van der Waals surface area contributed by atoms with Crippen molar-refractivity contribution in [2.75, 3.05) is 25.5 Å². The molecule has 1 N–H and O–H groups in total. The number of hydrogen-bond acceptors (Lipinski definition) is 7. The van der Waals surface area contributed by atoms with Crippen molar-refractivity contribution >= 4 is 40.3 Å². The van der Waals surface area contributed by atoms with Crippen LogP contribution in [-0.4, -0.2) is 40.8 Å². The highest BCUT2D eigenvalue weighted by Crippen LogP contribution is 2.25. The van der Waals surface area contributed by atoms with Gasteiger partial charge in [-0.15, -0.1) is 5.10 Å². The molecule has 1 aliphatic heterocycles. The third-order valence-electron chi connectivity index (χ3n) is 4.91. The standard InChI is InChI=1S/C18H24N4O2S2/c1-12-5-4-6-15(13(12)2)19-17-20-22(18(25)26-17)11-21-9-7-14(8-10-21)16(23)24-3/h4-6,14H,7-11H2,1-3H3,(H,19,20). The fraction of sp³-hybridized carbons (Fsp3) is 0.500. The van der Waals surface area contributed by atoms with Crippen molar-refractivity contribution in [2.45, 2.75) is 33.4 Å². The summed E-state index contributed by atoms with van der Waals surface area (Å²) in [7, 11) is 1.45. The zero-order valence-electron chi connectivity index (χ0n) is 15.3. The minimum absolute atomic E-state index is 0.0150. The number of piperidine rings is 1. The lowest BCUT2D eigenvalue weighted by atomic mass is 9.97. The zero-order chi connectivity index (χ0) is 18.7. The van der Waals surface area contributed by atoms with Gasteiger partial charge in [-0.3, -0.25) is 9.69 Å². The SMILES string of the molecule is COC(=O)C1CCN(Cn2nc(Nc3cccc(C)c3C)sc2=S)CC1. The van der Waals surface area contributed by atoms with Gasteiger partial charge in [0.05, 0.1) is 19.7 Å². The van der Waals surface area contributed by atoms with Crippen LogP contribution >= 0.6 is 23.6 Å². The maximum atomic E-state index is 11.6. The summed E-state index contributed by atoms with van der Waals surface area (Å²) in [5, 5.41) is 8.81. The van der Waals surface area contributed by atoms with Crippen molar-refractivity contribution in [3.63, 3.8) is 0 Å². The van der Waals surface area contributed by atoms with Gasteiger partial charge in [-0.2, -0.15) is 0 Å². The number of aromatic nitrogens is 2. The van der Waals surface area contributed by atoms with Crippen molar-refractivity contribution < 1.29 is 9.53 Å². The third-order valence-corrected chi connectivity index (χ3v) is 6.13. The van der Waals surface area contributed by atoms with E-state index in [0.29, 0.717) is 6.67 Å². The van der Waals surface area contributed by atoms with Gasteiger partial charge < -0.3 is 10.1 Å². The number of carbonyl (C=O) groups excluding carboxylic acids is 1. The first kappa shape index (κ1) is 19.0. The summed E-state index contributed by atoms with van der Waals surface area (Å²) in [6.07, 6.45) is 1.63. The van der Waals surface area contributed by atoms with Crippen LogP contribution in [0.15, 0.2) is 18.2 Å². The molecular formula is C18H24N4O2S2. The number of benzene rings is 1. The molecule has 0 amide bonds. The number of hydrogen-bond donors (Lipinski definition) is 1. The number of ether oxygens (including phenoxy) is 1. The molecule has 0 aliphatic carbocycles. The molecule has 1 fully saturated rings. The lowest BCUT2D eigenvalue weighted by molar-refractivity contribution is -0.147. The topological polar surface area (TPSA) is 59.4 Å². The van der Waals surface area contributed by atoms with Crippen molar-refractivity contribution in [1.82, 2.24) is 14.7 Å². The van der Waals surface area contributed by atoms with Gasteiger partial charge in [0, 0.05) is 18.8 Å². The lowest BCUT2D eigenvalue weighted by Gasteiger charge is -2.30. The first-order chi connectivity index (χ1) is 12.5. The van der Waals surface area contributed by atoms with E-state index in [9.17, 15) is 4.79 Å². The molecule has 1 aromatic carbocycles. The molecule has 6 nitrogen and oxygen atoms in total. The van der Waals surface area contributed by atoms with E-state index < -0.39 is 0 Å². The molecule has 0 radical (unpaired) electrons. The van der Waals surface area contributed by atoms with Crippen LogP contribution in [0.3, 0.4) is 0 Å². The average Bonchev–Trinajstić information content (AvgIpc) is 2.98. The van der Waals surface area contributed by atoms with Gasteiger partial charge in [-0.25, -0.2) is 4.68 Å². The van der Waals surface area contributed by atoms with E-state index in [-0.39, 0.29) is 11.9 Å². The van der Waals surface area contributed by atoms with E-state index in [0.717, 1.165) is 40.7 Å². The normalized spacial score (nSPS) is 15.8. The predicted molar refractivity (Wildman–Crippen MR) is 106 cm³/mol. The number of nitrogens with zero attached hydrogens (tertiary/aromatic N) is 3. The van der Waals surface area contributed by atoms with E-state index in [1.807, 2.05) is 10.7 Å². The Kier molecular flexibility index (Phi) is 6.05. The summed E-state index contributed by atoms with van der Waals surface area (Å²) >= 11 is 6.95. The van der Waals surface area contributed by atoms with Crippen LogP contribution in [0.1, 0.15) is 24.0 Å². The Hall–Kier alpha value is -1.77. The molecule has 1 saturated heterocycles. The van der Waals surface area contributed by atoms with Crippen LogP contribution in [0.5, 0.6) is 0 Å². The number of rotatable bonds is 5. The fourth-order valence-electron chi connectivity index (χ4n) is 3.11. The van der Waals surface area contributed by atoms with Crippen LogP contribution in [-0.2, 0) is 16.2 Å². The van der Waals surface area contributed by atoms with Gasteiger partial charge >= 0.3 is 5.97 Å². The number of anilines is 2. The molecule has 0 spiro atoms. The van der Waals surface area contributed by atoms with Gasteiger partial charge in [-0.1, -0.05) is 23.5 Å². The molecule has 0 atom stereocenters. The maximum Gasteiger partial charge on any atom is 0.308 e. The number of methoxy groups -OCH3 is 1. The Balaban J connectivity index is 1.63. The molecule has 3 rings (SSSR count). The maximum absolute atomic E-state index is 11.6. The highest BCUT2D eigenvalue weighted by atomic mass is 32.1. The summed E-state index contributed by atoms with van der Waals surface area (Å²) in [5.41, 5.74) is 3.51. The monoisotopic (exact) mass is 392 g/mol. The second-order valence-electron chi connectivity index (χ2n) is 6.60. The zero-order valence-corrected chi connectivity index (χ0v) is 17.0. The quantitative estimate of drug-likeness (QED) is 0.616. The fourth-order valence-corrected chi connectivity index (χ4v) is 4.12. The number of nitrogens with one attached hydrogen (secondary N) is 1. The van der Waals surface area contributed by atoms with E-state index in [1.165, 1.54) is 29.6 Å². The van der Waals surface area contributed by atoms with E-state index >= 15 is 0 Å². The summed E-state index contributed by atoms with van der Waals surface area (Å²) in [6.45, 7) is 6.54.